The molecule has 0 saturated carbocycles. The van der Waals surface area contributed by atoms with Crippen LogP contribution in [-0.2, 0) is 0 Å². The zero-order chi connectivity index (χ0) is 15.7. The Balaban J connectivity index is 2.42. The summed E-state index contributed by atoms with van der Waals surface area (Å²) in [5.41, 5.74) is 0.455. The second kappa shape index (κ2) is 9.82. The van der Waals surface area contributed by atoms with Crippen LogP contribution >= 0.6 is 0 Å². The highest BCUT2D eigenvalue weighted by Crippen LogP contribution is 2.11. The van der Waals surface area contributed by atoms with Crippen LogP contribution in [0.4, 0.5) is 0 Å². The van der Waals surface area contributed by atoms with Crippen LogP contribution in [0, 0.1) is 5.92 Å². The molecule has 5 heteroatoms. The van der Waals surface area contributed by atoms with E-state index >= 15 is 0 Å². The van der Waals surface area contributed by atoms with Crippen molar-refractivity contribution in [3.8, 4) is 5.75 Å². The molecule has 1 rings (SSSR count). The fourth-order valence-corrected chi connectivity index (χ4v) is 2.35. The number of nitrogens with zero attached hydrogens (tertiary/aromatic N) is 1. The normalized spacial score (nSPS) is 11.2. The van der Waals surface area contributed by atoms with Gasteiger partial charge in [0.05, 0.1) is 0 Å². The van der Waals surface area contributed by atoms with Crippen LogP contribution in [0.5, 0.6) is 5.75 Å². The number of hydrogen-bond donors (Lipinski definition) is 2. The molecule has 118 valence electrons. The molecule has 0 unspecified atom stereocenters. The molecule has 0 bridgehead atoms. The lowest BCUT2D eigenvalue weighted by Crippen LogP contribution is -2.33. The van der Waals surface area contributed by atoms with Gasteiger partial charge in [-0.2, -0.15) is 0 Å². The van der Waals surface area contributed by atoms with E-state index in [2.05, 4.69) is 25.7 Å². The second-order valence-electron chi connectivity index (χ2n) is 5.37. The van der Waals surface area contributed by atoms with Gasteiger partial charge in [0.2, 0.25) is 0 Å². The van der Waals surface area contributed by atoms with E-state index in [0.717, 1.165) is 25.6 Å². The molecule has 0 radical (unpaired) electrons. The molecule has 0 atom stereocenters. The summed E-state index contributed by atoms with van der Waals surface area (Å²) in [4.78, 5) is 2.41. The molecule has 0 heterocycles. The first-order chi connectivity index (χ1) is 10.1. The molecule has 0 fully saturated rings. The van der Waals surface area contributed by atoms with E-state index in [1.54, 1.807) is 18.2 Å². The van der Waals surface area contributed by atoms with Gasteiger partial charge < -0.3 is 14.8 Å². The van der Waals surface area contributed by atoms with Crippen LogP contribution in [0.25, 0.3) is 0 Å². The zero-order valence-corrected chi connectivity index (χ0v) is 13.5. The standard InChI is InChI=1S/C16H28BNO3/c1-4-14(5-2)13-18(6-3)10-11-21-16-9-7-8-15(12-16)17(19)20/h7-9,12,14,19-20H,4-6,10-11,13H2,1-3H3. The summed E-state index contributed by atoms with van der Waals surface area (Å²) in [7, 11) is -1.45. The average Bonchev–Trinajstić information content (AvgIpc) is 2.51. The maximum atomic E-state index is 9.15. The molecule has 21 heavy (non-hydrogen) atoms. The lowest BCUT2D eigenvalue weighted by Gasteiger charge is -2.25. The van der Waals surface area contributed by atoms with Crippen molar-refractivity contribution in [2.45, 2.75) is 33.6 Å². The number of likely N-dealkylation sites (N-methyl/N-ethyl adjacent to an activating group) is 1. The fraction of sp³-hybridized carbons (Fsp3) is 0.625. The maximum Gasteiger partial charge on any atom is 0.488 e. The first-order valence-corrected chi connectivity index (χ1v) is 7.91. The predicted molar refractivity (Wildman–Crippen MR) is 87.9 cm³/mol. The minimum absolute atomic E-state index is 0.455. The molecule has 4 nitrogen and oxygen atoms in total. The van der Waals surface area contributed by atoms with E-state index in [-0.39, 0.29) is 0 Å². The Bertz CT molecular complexity index is 397. The van der Waals surface area contributed by atoms with Gasteiger partial charge in [-0.15, -0.1) is 0 Å². The van der Waals surface area contributed by atoms with Gasteiger partial charge in [-0.05, 0) is 30.1 Å². The van der Waals surface area contributed by atoms with Gasteiger partial charge in [-0.3, -0.25) is 4.90 Å². The van der Waals surface area contributed by atoms with Gasteiger partial charge in [-0.25, -0.2) is 0 Å². The van der Waals surface area contributed by atoms with E-state index in [1.165, 1.54) is 12.8 Å². The van der Waals surface area contributed by atoms with E-state index in [9.17, 15) is 0 Å². The lowest BCUT2D eigenvalue weighted by atomic mass is 9.80. The Labute approximate surface area is 128 Å². The summed E-state index contributed by atoms with van der Waals surface area (Å²) in [6, 6.07) is 6.94. The predicted octanol–water partition coefficient (Wildman–Crippen LogP) is 1.50. The van der Waals surface area contributed by atoms with Gasteiger partial charge in [0.15, 0.2) is 0 Å². The second-order valence-corrected chi connectivity index (χ2v) is 5.37. The summed E-state index contributed by atoms with van der Waals surface area (Å²) in [6.45, 7) is 10.3. The van der Waals surface area contributed by atoms with E-state index in [4.69, 9.17) is 14.8 Å². The van der Waals surface area contributed by atoms with Crippen LogP contribution in [0.2, 0.25) is 0 Å². The van der Waals surface area contributed by atoms with Crippen LogP contribution < -0.4 is 10.2 Å². The lowest BCUT2D eigenvalue weighted by molar-refractivity contribution is 0.188. The minimum atomic E-state index is -1.45. The third kappa shape index (κ3) is 6.51. The average molecular weight is 293 g/mol. The Morgan fingerprint density at radius 1 is 1.19 bits per heavy atom. The molecule has 0 aliphatic carbocycles. The molecule has 0 amide bonds. The molecule has 0 spiro atoms. The van der Waals surface area contributed by atoms with Crippen molar-refractivity contribution in [2.75, 3.05) is 26.2 Å². The Kier molecular flexibility index (Phi) is 8.42. The Hall–Kier alpha value is -1.04. The molecule has 0 saturated heterocycles. The highest BCUT2D eigenvalue weighted by molar-refractivity contribution is 6.58. The van der Waals surface area contributed by atoms with Gasteiger partial charge >= 0.3 is 7.12 Å². The van der Waals surface area contributed by atoms with Gasteiger partial charge in [0.25, 0.3) is 0 Å². The molecule has 0 aliphatic heterocycles. The minimum Gasteiger partial charge on any atom is -0.492 e. The van der Waals surface area contributed by atoms with Crippen molar-refractivity contribution < 1.29 is 14.8 Å². The molecule has 2 N–H and O–H groups in total. The van der Waals surface area contributed by atoms with Crippen LogP contribution in [-0.4, -0.2) is 48.3 Å². The Morgan fingerprint density at radius 2 is 1.90 bits per heavy atom. The largest absolute Gasteiger partial charge is 0.492 e. The number of benzene rings is 1. The van der Waals surface area contributed by atoms with Crippen molar-refractivity contribution in [3.05, 3.63) is 24.3 Å². The van der Waals surface area contributed by atoms with Crippen LogP contribution in [0.3, 0.4) is 0 Å². The van der Waals surface area contributed by atoms with E-state index in [1.807, 2.05) is 6.07 Å². The molecular weight excluding hydrogens is 265 g/mol. The third-order valence-electron chi connectivity index (χ3n) is 3.95. The number of ether oxygens (including phenoxy) is 1. The van der Waals surface area contributed by atoms with Crippen LogP contribution in [0.15, 0.2) is 24.3 Å². The quantitative estimate of drug-likeness (QED) is 0.642. The van der Waals surface area contributed by atoms with E-state index in [0.29, 0.717) is 17.8 Å². The molecule has 1 aromatic rings. The highest BCUT2D eigenvalue weighted by Gasteiger charge is 2.12. The summed E-state index contributed by atoms with van der Waals surface area (Å²) in [5.74, 6) is 1.43. The summed E-state index contributed by atoms with van der Waals surface area (Å²) < 4.78 is 5.71. The van der Waals surface area contributed by atoms with Crippen molar-refractivity contribution in [1.82, 2.24) is 4.90 Å². The zero-order valence-electron chi connectivity index (χ0n) is 13.5. The molecule has 1 aromatic carbocycles. The SMILES string of the molecule is CCC(CC)CN(CC)CCOc1cccc(B(O)O)c1. The molecule has 0 aliphatic rings. The fourth-order valence-electron chi connectivity index (χ4n) is 2.35. The first-order valence-electron chi connectivity index (χ1n) is 7.91. The summed E-state index contributed by atoms with van der Waals surface area (Å²) in [6.07, 6.45) is 2.43. The molecule has 0 aromatic heterocycles. The first kappa shape index (κ1) is 18.0. The smallest absolute Gasteiger partial charge is 0.488 e. The number of rotatable bonds is 10. The van der Waals surface area contributed by atoms with Crippen molar-refractivity contribution >= 4 is 12.6 Å². The van der Waals surface area contributed by atoms with Gasteiger partial charge in [-0.1, -0.05) is 45.7 Å². The summed E-state index contributed by atoms with van der Waals surface area (Å²) >= 11 is 0. The van der Waals surface area contributed by atoms with Crippen molar-refractivity contribution in [2.24, 2.45) is 5.92 Å². The molecular formula is C16H28BNO3. The maximum absolute atomic E-state index is 9.15. The van der Waals surface area contributed by atoms with Gasteiger partial charge in [0.1, 0.15) is 12.4 Å². The monoisotopic (exact) mass is 293 g/mol. The number of hydrogen-bond acceptors (Lipinski definition) is 4. The highest BCUT2D eigenvalue weighted by atomic mass is 16.5. The van der Waals surface area contributed by atoms with Gasteiger partial charge in [0, 0.05) is 13.1 Å². The van der Waals surface area contributed by atoms with Crippen molar-refractivity contribution in [1.29, 1.82) is 0 Å². The van der Waals surface area contributed by atoms with E-state index < -0.39 is 7.12 Å². The summed E-state index contributed by atoms with van der Waals surface area (Å²) in [5, 5.41) is 18.3. The Morgan fingerprint density at radius 3 is 2.48 bits per heavy atom. The van der Waals surface area contributed by atoms with Crippen LogP contribution in [0.1, 0.15) is 33.6 Å². The van der Waals surface area contributed by atoms with Crippen molar-refractivity contribution in [3.63, 3.8) is 0 Å². The topological polar surface area (TPSA) is 52.9 Å². The third-order valence-corrected chi connectivity index (χ3v) is 3.95.